The number of rotatable bonds is 2. The van der Waals surface area contributed by atoms with Crippen molar-refractivity contribution in [1.29, 1.82) is 0 Å². The highest BCUT2D eigenvalue weighted by molar-refractivity contribution is 7.92. The first-order valence-corrected chi connectivity index (χ1v) is 8.80. The maximum Gasteiger partial charge on any atom is 0.345 e. The van der Waals surface area contributed by atoms with Gasteiger partial charge in [-0.15, -0.1) is 11.3 Å². The summed E-state index contributed by atoms with van der Waals surface area (Å²) in [5.74, 6) is -0.954. The van der Waals surface area contributed by atoms with Gasteiger partial charge < -0.3 is 5.11 Å². The molecule has 0 bridgehead atoms. The van der Waals surface area contributed by atoms with Gasteiger partial charge in [0.05, 0.1) is 11.9 Å². The lowest BCUT2D eigenvalue weighted by Gasteiger charge is -2.29. The number of carboxylic acids is 1. The van der Waals surface area contributed by atoms with Crippen LogP contribution in [0.4, 0.5) is 5.69 Å². The normalized spacial score (nSPS) is 15.3. The van der Waals surface area contributed by atoms with Crippen molar-refractivity contribution in [2.24, 2.45) is 0 Å². The van der Waals surface area contributed by atoms with E-state index < -0.39 is 16.0 Å². The summed E-state index contributed by atoms with van der Waals surface area (Å²) >= 11 is 1.22. The molecule has 0 spiro atoms. The minimum Gasteiger partial charge on any atom is -0.477 e. The van der Waals surface area contributed by atoms with E-state index in [4.69, 9.17) is 5.11 Å². The topological polar surface area (TPSA) is 74.7 Å². The third-order valence-electron chi connectivity index (χ3n) is 3.40. The average molecular weight is 311 g/mol. The van der Waals surface area contributed by atoms with Crippen LogP contribution in [-0.4, -0.2) is 32.3 Å². The van der Waals surface area contributed by atoms with Gasteiger partial charge >= 0.3 is 5.97 Å². The Kier molecular flexibility index (Phi) is 2.98. The fourth-order valence-electron chi connectivity index (χ4n) is 2.53. The quantitative estimate of drug-likeness (QED) is 0.923. The van der Waals surface area contributed by atoms with E-state index in [2.05, 4.69) is 0 Å². The van der Waals surface area contributed by atoms with E-state index in [9.17, 15) is 13.2 Å². The lowest BCUT2D eigenvalue weighted by atomic mass is 10.0. The number of carboxylic acid groups (broad SMARTS) is 1. The molecule has 0 unspecified atom stereocenters. The fourth-order valence-corrected chi connectivity index (χ4v) is 4.47. The molecule has 0 aliphatic carbocycles. The summed E-state index contributed by atoms with van der Waals surface area (Å²) in [5.41, 5.74) is 1.65. The van der Waals surface area contributed by atoms with Gasteiger partial charge in [0.1, 0.15) is 4.88 Å². The van der Waals surface area contributed by atoms with Crippen LogP contribution in [0, 0.1) is 0 Å². The van der Waals surface area contributed by atoms with Gasteiger partial charge in [-0.05, 0) is 42.0 Å². The molecule has 1 aliphatic rings. The molecule has 3 rings (SSSR count). The molecule has 0 atom stereocenters. The summed E-state index contributed by atoms with van der Waals surface area (Å²) in [4.78, 5) is 11.3. The van der Waals surface area contributed by atoms with Crippen molar-refractivity contribution in [3.8, 4) is 0 Å². The number of aryl methyl sites for hydroxylation is 1. The second kappa shape index (κ2) is 4.46. The molecule has 7 heteroatoms. The molecule has 1 aromatic carbocycles. The number of thiophene rings is 1. The Balaban J connectivity index is 2.22. The monoisotopic (exact) mass is 311 g/mol. The van der Waals surface area contributed by atoms with Crippen molar-refractivity contribution in [1.82, 2.24) is 0 Å². The van der Waals surface area contributed by atoms with E-state index in [-0.39, 0.29) is 4.88 Å². The van der Waals surface area contributed by atoms with Gasteiger partial charge in [-0.2, -0.15) is 0 Å². The highest BCUT2D eigenvalue weighted by atomic mass is 32.2. The first kappa shape index (κ1) is 13.4. The van der Waals surface area contributed by atoms with Gasteiger partial charge in [-0.1, -0.05) is 0 Å². The van der Waals surface area contributed by atoms with Crippen LogP contribution < -0.4 is 4.31 Å². The van der Waals surface area contributed by atoms with Gasteiger partial charge in [0.2, 0.25) is 10.0 Å². The van der Waals surface area contributed by atoms with Crippen molar-refractivity contribution in [3.05, 3.63) is 28.6 Å². The van der Waals surface area contributed by atoms with Crippen molar-refractivity contribution in [2.75, 3.05) is 17.1 Å². The molecule has 0 saturated heterocycles. The highest BCUT2D eigenvalue weighted by Gasteiger charge is 2.25. The second-order valence-corrected chi connectivity index (χ2v) is 7.86. The van der Waals surface area contributed by atoms with E-state index >= 15 is 0 Å². The second-order valence-electron chi connectivity index (χ2n) is 4.87. The molecule has 0 amide bonds. The zero-order valence-corrected chi connectivity index (χ0v) is 12.4. The lowest BCUT2D eigenvalue weighted by molar-refractivity contribution is 0.0702. The third-order valence-corrected chi connectivity index (χ3v) is 5.67. The van der Waals surface area contributed by atoms with Crippen LogP contribution in [0.15, 0.2) is 18.2 Å². The molecule has 5 nitrogen and oxygen atoms in total. The average Bonchev–Trinajstić information content (AvgIpc) is 2.76. The minimum atomic E-state index is -3.30. The molecular formula is C13H13NO4S2. The van der Waals surface area contributed by atoms with Crippen LogP contribution in [0.3, 0.4) is 0 Å². The molecular weight excluding hydrogens is 298 g/mol. The first-order chi connectivity index (χ1) is 9.36. The van der Waals surface area contributed by atoms with Gasteiger partial charge in [0, 0.05) is 11.2 Å². The van der Waals surface area contributed by atoms with Gasteiger partial charge in [0.15, 0.2) is 0 Å². The van der Waals surface area contributed by atoms with Crippen LogP contribution in [-0.2, 0) is 16.4 Å². The number of hydrogen-bond donors (Lipinski definition) is 1. The van der Waals surface area contributed by atoms with Crippen molar-refractivity contribution < 1.29 is 18.3 Å². The number of aromatic carboxylic acids is 1. The van der Waals surface area contributed by atoms with E-state index in [1.165, 1.54) is 21.9 Å². The summed E-state index contributed by atoms with van der Waals surface area (Å²) in [5, 5.41) is 9.82. The Labute approximate surface area is 120 Å². The molecule has 0 fully saturated rings. The first-order valence-electron chi connectivity index (χ1n) is 6.14. The van der Waals surface area contributed by atoms with Crippen molar-refractivity contribution in [2.45, 2.75) is 12.8 Å². The molecule has 1 N–H and O–H groups in total. The van der Waals surface area contributed by atoms with Crippen LogP contribution in [0.25, 0.3) is 10.1 Å². The number of nitrogens with zero attached hydrogens (tertiary/aromatic N) is 1. The molecule has 0 radical (unpaired) electrons. The zero-order valence-electron chi connectivity index (χ0n) is 10.8. The van der Waals surface area contributed by atoms with Crippen LogP contribution in [0.5, 0.6) is 0 Å². The minimum absolute atomic E-state index is 0.272. The predicted molar refractivity (Wildman–Crippen MR) is 79.3 cm³/mol. The van der Waals surface area contributed by atoms with E-state index in [0.29, 0.717) is 12.2 Å². The summed E-state index contributed by atoms with van der Waals surface area (Å²) in [6.45, 7) is 0.479. The summed E-state index contributed by atoms with van der Waals surface area (Å²) < 4.78 is 26.0. The number of fused-ring (bicyclic) bond motifs is 2. The smallest absolute Gasteiger partial charge is 0.345 e. The van der Waals surface area contributed by atoms with Crippen molar-refractivity contribution in [3.63, 3.8) is 0 Å². The van der Waals surface area contributed by atoms with Gasteiger partial charge in [0.25, 0.3) is 0 Å². The van der Waals surface area contributed by atoms with Crippen LogP contribution in [0.1, 0.15) is 21.7 Å². The van der Waals surface area contributed by atoms with Crippen LogP contribution in [0.2, 0.25) is 0 Å². The molecule has 2 heterocycles. The van der Waals surface area contributed by atoms with Crippen LogP contribution >= 0.6 is 11.3 Å². The standard InChI is InChI=1S/C13H13NO4S2/c1-20(17,18)14-4-2-3-8-6-11-9(5-10(8)14)7-12(19-11)13(15)16/h5-7H,2-4H2,1H3,(H,15,16). The number of sulfonamides is 1. The van der Waals surface area contributed by atoms with Gasteiger partial charge in [-0.3, -0.25) is 4.31 Å². The molecule has 1 aromatic heterocycles. The molecule has 1 aliphatic heterocycles. The molecule has 2 aromatic rings. The molecule has 0 saturated carbocycles. The van der Waals surface area contributed by atoms with E-state index in [1.807, 2.05) is 6.07 Å². The Morgan fingerprint density at radius 2 is 2.10 bits per heavy atom. The Hall–Kier alpha value is -1.60. The predicted octanol–water partition coefficient (Wildman–Crippen LogP) is 2.31. The maximum atomic E-state index is 11.8. The largest absolute Gasteiger partial charge is 0.477 e. The summed E-state index contributed by atoms with van der Waals surface area (Å²) in [6, 6.07) is 5.30. The van der Waals surface area contributed by atoms with Gasteiger partial charge in [-0.25, -0.2) is 13.2 Å². The third kappa shape index (κ3) is 2.16. The SMILES string of the molecule is CS(=O)(=O)N1CCCc2cc3sc(C(=O)O)cc3cc21. The number of hydrogen-bond acceptors (Lipinski definition) is 4. The number of carbonyl (C=O) groups is 1. The maximum absolute atomic E-state index is 11.8. The molecule has 106 valence electrons. The van der Waals surface area contributed by atoms with E-state index in [0.717, 1.165) is 28.5 Å². The highest BCUT2D eigenvalue weighted by Crippen LogP contribution is 2.36. The number of anilines is 1. The molecule has 20 heavy (non-hydrogen) atoms. The summed E-state index contributed by atoms with van der Waals surface area (Å²) in [7, 11) is -3.30. The fraction of sp³-hybridized carbons (Fsp3) is 0.308. The van der Waals surface area contributed by atoms with Crippen molar-refractivity contribution >= 4 is 43.1 Å². The lowest BCUT2D eigenvalue weighted by Crippen LogP contribution is -2.34. The Bertz CT molecular complexity index is 807. The summed E-state index contributed by atoms with van der Waals surface area (Å²) in [6.07, 6.45) is 2.79. The Morgan fingerprint density at radius 3 is 2.75 bits per heavy atom. The zero-order chi connectivity index (χ0) is 14.5. The Morgan fingerprint density at radius 1 is 1.35 bits per heavy atom. The van der Waals surface area contributed by atoms with E-state index in [1.54, 1.807) is 12.1 Å². The number of benzene rings is 1.